The van der Waals surface area contributed by atoms with E-state index in [1.807, 2.05) is 48.7 Å². The van der Waals surface area contributed by atoms with Crippen LogP contribution in [0.1, 0.15) is 18.8 Å². The minimum atomic E-state index is -0.376. The summed E-state index contributed by atoms with van der Waals surface area (Å²) in [4.78, 5) is 14.2. The summed E-state index contributed by atoms with van der Waals surface area (Å²) in [5, 5.41) is 9.44. The van der Waals surface area contributed by atoms with Gasteiger partial charge in [0.2, 0.25) is 0 Å². The Morgan fingerprint density at radius 1 is 1.13 bits per heavy atom. The van der Waals surface area contributed by atoms with Crippen LogP contribution < -0.4 is 5.76 Å². The number of aromatic nitrogens is 4. The summed E-state index contributed by atoms with van der Waals surface area (Å²) in [7, 11) is 3.94. The predicted octanol–water partition coefficient (Wildman–Crippen LogP) is 3.73. The zero-order valence-corrected chi connectivity index (χ0v) is 17.8. The minimum absolute atomic E-state index is 0.0114. The monoisotopic (exact) mass is 427 g/mol. The Labute approximate surface area is 177 Å². The van der Waals surface area contributed by atoms with Crippen LogP contribution in [0.2, 0.25) is 0 Å². The lowest BCUT2D eigenvalue weighted by atomic mass is 10.2. The van der Waals surface area contributed by atoms with Crippen LogP contribution in [0.3, 0.4) is 0 Å². The summed E-state index contributed by atoms with van der Waals surface area (Å²) in [6, 6.07) is 13.6. The first-order valence-corrected chi connectivity index (χ1v) is 10.5. The largest absolute Gasteiger partial charge is 0.419 e. The number of hydrogen-bond acceptors (Lipinski definition) is 6. The molecular weight excluding hydrogens is 405 g/mol. The van der Waals surface area contributed by atoms with Gasteiger partial charge in [-0.05, 0) is 57.4 Å². The third-order valence-corrected chi connectivity index (χ3v) is 5.92. The van der Waals surface area contributed by atoms with Gasteiger partial charge in [-0.15, -0.1) is 10.2 Å². The molecule has 0 aliphatic carbocycles. The number of benzene rings is 2. The molecule has 4 aromatic rings. The lowest BCUT2D eigenvalue weighted by Gasteiger charge is -2.20. The Morgan fingerprint density at radius 2 is 1.87 bits per heavy atom. The van der Waals surface area contributed by atoms with Crippen molar-refractivity contribution in [3.8, 4) is 5.69 Å². The lowest BCUT2D eigenvalue weighted by molar-refractivity contribution is 0.305. The highest BCUT2D eigenvalue weighted by atomic mass is 32.2. The van der Waals surface area contributed by atoms with E-state index in [0.717, 1.165) is 17.0 Å². The van der Waals surface area contributed by atoms with Crippen LogP contribution in [0.5, 0.6) is 0 Å². The van der Waals surface area contributed by atoms with Gasteiger partial charge in [-0.2, -0.15) is 0 Å². The zero-order chi connectivity index (χ0) is 21.3. The van der Waals surface area contributed by atoms with Gasteiger partial charge in [0.15, 0.2) is 16.6 Å². The van der Waals surface area contributed by atoms with Gasteiger partial charge in [-0.1, -0.05) is 23.9 Å². The Hall–Kier alpha value is -2.91. The van der Waals surface area contributed by atoms with Gasteiger partial charge >= 0.3 is 5.76 Å². The standard InChI is InChI=1S/C21H22FN5O2S/c1-14(25(2)3)19-23-24-20(27(19)16-10-8-15(22)9-11-16)30-13-12-26-17-6-4-5-7-18(17)29-21(26)28/h4-11,14H,12-13H2,1-3H3. The highest BCUT2D eigenvalue weighted by molar-refractivity contribution is 7.99. The molecule has 1 atom stereocenters. The molecule has 0 saturated heterocycles. The molecule has 0 fully saturated rings. The van der Waals surface area contributed by atoms with Crippen LogP contribution in [0.15, 0.2) is 62.9 Å². The summed E-state index contributed by atoms with van der Waals surface area (Å²) in [5.41, 5.74) is 2.13. The maximum absolute atomic E-state index is 13.4. The minimum Gasteiger partial charge on any atom is -0.408 e. The second-order valence-corrected chi connectivity index (χ2v) is 8.19. The van der Waals surface area contributed by atoms with E-state index in [9.17, 15) is 9.18 Å². The van der Waals surface area contributed by atoms with E-state index in [-0.39, 0.29) is 17.6 Å². The highest BCUT2D eigenvalue weighted by Crippen LogP contribution is 2.27. The van der Waals surface area contributed by atoms with Gasteiger partial charge in [-0.25, -0.2) is 9.18 Å². The smallest absolute Gasteiger partial charge is 0.408 e. The van der Waals surface area contributed by atoms with Crippen LogP contribution in [-0.4, -0.2) is 44.1 Å². The molecule has 156 valence electrons. The molecule has 7 nitrogen and oxygen atoms in total. The second kappa shape index (κ2) is 8.45. The fraction of sp³-hybridized carbons (Fsp3) is 0.286. The van der Waals surface area contributed by atoms with Crippen molar-refractivity contribution in [2.24, 2.45) is 0 Å². The van der Waals surface area contributed by atoms with Gasteiger partial charge in [0, 0.05) is 18.0 Å². The van der Waals surface area contributed by atoms with Gasteiger partial charge in [0.1, 0.15) is 5.82 Å². The number of thioether (sulfide) groups is 1. The quantitative estimate of drug-likeness (QED) is 0.419. The second-order valence-electron chi connectivity index (χ2n) is 7.13. The number of nitrogens with zero attached hydrogens (tertiary/aromatic N) is 5. The molecule has 4 rings (SSSR count). The molecule has 0 saturated carbocycles. The summed E-state index contributed by atoms with van der Waals surface area (Å²) < 4.78 is 22.3. The van der Waals surface area contributed by atoms with Crippen molar-refractivity contribution in [1.29, 1.82) is 0 Å². The molecule has 1 unspecified atom stereocenters. The molecule has 0 N–H and O–H groups in total. The normalized spacial score (nSPS) is 12.7. The molecule has 0 bridgehead atoms. The number of halogens is 1. The third kappa shape index (κ3) is 3.90. The molecule has 9 heteroatoms. The first-order chi connectivity index (χ1) is 14.5. The number of oxazole rings is 1. The fourth-order valence-corrected chi connectivity index (χ4v) is 4.05. The van der Waals surface area contributed by atoms with E-state index in [2.05, 4.69) is 10.2 Å². The number of aryl methyl sites for hydroxylation is 1. The molecule has 0 radical (unpaired) electrons. The molecule has 30 heavy (non-hydrogen) atoms. The van der Waals surface area contributed by atoms with E-state index < -0.39 is 0 Å². The average molecular weight is 428 g/mol. The van der Waals surface area contributed by atoms with Crippen molar-refractivity contribution < 1.29 is 8.81 Å². The fourth-order valence-electron chi connectivity index (χ4n) is 3.16. The zero-order valence-electron chi connectivity index (χ0n) is 16.9. The van der Waals surface area contributed by atoms with Gasteiger partial charge < -0.3 is 4.42 Å². The molecule has 2 aromatic carbocycles. The Balaban J connectivity index is 1.61. The van der Waals surface area contributed by atoms with E-state index in [4.69, 9.17) is 4.42 Å². The van der Waals surface area contributed by atoms with Crippen molar-refractivity contribution in [2.75, 3.05) is 19.8 Å². The van der Waals surface area contributed by atoms with E-state index in [0.29, 0.717) is 23.0 Å². The highest BCUT2D eigenvalue weighted by Gasteiger charge is 2.21. The summed E-state index contributed by atoms with van der Waals surface area (Å²) in [6.45, 7) is 2.50. The molecule has 0 spiro atoms. The SMILES string of the molecule is CC(c1nnc(SCCn2c(=O)oc3ccccc32)n1-c1ccc(F)cc1)N(C)C. The van der Waals surface area contributed by atoms with Crippen LogP contribution in [0, 0.1) is 5.82 Å². The number of para-hydroxylation sites is 2. The Kier molecular flexibility index (Phi) is 5.74. The van der Waals surface area contributed by atoms with Crippen molar-refractivity contribution in [2.45, 2.75) is 24.7 Å². The van der Waals surface area contributed by atoms with Crippen LogP contribution in [0.4, 0.5) is 4.39 Å². The number of rotatable bonds is 7. The first-order valence-electron chi connectivity index (χ1n) is 9.54. The van der Waals surface area contributed by atoms with E-state index >= 15 is 0 Å². The summed E-state index contributed by atoms with van der Waals surface area (Å²) in [6.07, 6.45) is 0. The summed E-state index contributed by atoms with van der Waals surface area (Å²) in [5.74, 6) is 0.687. The Bertz CT molecular complexity index is 1210. The maximum Gasteiger partial charge on any atom is 0.419 e. The van der Waals surface area contributed by atoms with Crippen LogP contribution in [-0.2, 0) is 6.54 Å². The first kappa shape index (κ1) is 20.4. The molecule has 2 aromatic heterocycles. The average Bonchev–Trinajstić information content (AvgIpc) is 3.29. The van der Waals surface area contributed by atoms with E-state index in [1.165, 1.54) is 23.9 Å². The Morgan fingerprint density at radius 3 is 2.60 bits per heavy atom. The molecule has 2 heterocycles. The van der Waals surface area contributed by atoms with Gasteiger partial charge in [0.25, 0.3) is 0 Å². The predicted molar refractivity (Wildman–Crippen MR) is 115 cm³/mol. The summed E-state index contributed by atoms with van der Waals surface area (Å²) >= 11 is 1.49. The molecule has 0 aliphatic rings. The molecule has 0 aliphatic heterocycles. The van der Waals surface area contributed by atoms with E-state index in [1.54, 1.807) is 22.8 Å². The number of fused-ring (bicyclic) bond motifs is 1. The van der Waals surface area contributed by atoms with Gasteiger partial charge in [-0.3, -0.25) is 14.0 Å². The van der Waals surface area contributed by atoms with Crippen molar-refractivity contribution in [1.82, 2.24) is 24.2 Å². The maximum atomic E-state index is 13.4. The van der Waals surface area contributed by atoms with Crippen LogP contribution in [0.25, 0.3) is 16.8 Å². The topological polar surface area (TPSA) is 69.1 Å². The van der Waals surface area contributed by atoms with Crippen molar-refractivity contribution >= 4 is 22.9 Å². The third-order valence-electron chi connectivity index (χ3n) is 5.01. The number of hydrogen-bond donors (Lipinski definition) is 0. The van der Waals surface area contributed by atoms with Crippen molar-refractivity contribution in [3.05, 3.63) is 70.7 Å². The van der Waals surface area contributed by atoms with Crippen LogP contribution >= 0.6 is 11.8 Å². The van der Waals surface area contributed by atoms with Gasteiger partial charge in [0.05, 0.1) is 11.6 Å². The van der Waals surface area contributed by atoms with Crippen molar-refractivity contribution in [3.63, 3.8) is 0 Å². The lowest BCUT2D eigenvalue weighted by Crippen LogP contribution is -2.20. The molecule has 0 amide bonds. The molecular formula is C21H22FN5O2S.